The Bertz CT molecular complexity index is 248. The summed E-state index contributed by atoms with van der Waals surface area (Å²) in [5.74, 6) is 0.0444. The lowest BCUT2D eigenvalue weighted by Crippen LogP contribution is -2.53. The van der Waals surface area contributed by atoms with Crippen molar-refractivity contribution in [1.29, 1.82) is 0 Å². The Morgan fingerprint density at radius 3 is 2.62 bits per heavy atom. The molecule has 94 valence electrons. The smallest absolute Gasteiger partial charge is 0.237 e. The van der Waals surface area contributed by atoms with Crippen molar-refractivity contribution in [3.63, 3.8) is 0 Å². The van der Waals surface area contributed by atoms with Crippen LogP contribution in [0, 0.1) is 5.92 Å². The molecule has 0 spiro atoms. The van der Waals surface area contributed by atoms with Gasteiger partial charge in [0.2, 0.25) is 11.8 Å². The molecule has 6 heteroatoms. The van der Waals surface area contributed by atoms with Gasteiger partial charge in [-0.2, -0.15) is 0 Å². The summed E-state index contributed by atoms with van der Waals surface area (Å²) >= 11 is 0. The highest BCUT2D eigenvalue weighted by Crippen LogP contribution is 2.04. The second-order valence-electron chi connectivity index (χ2n) is 4.32. The maximum atomic E-state index is 11.6. The highest BCUT2D eigenvalue weighted by Gasteiger charge is 2.23. The second-order valence-corrected chi connectivity index (χ2v) is 4.32. The zero-order chi connectivity index (χ0) is 11.4. The molecule has 1 fully saturated rings. The minimum atomic E-state index is -0.470. The fraction of sp³-hybridized carbons (Fsp3) is 0.800. The number of piperidine rings is 1. The summed E-state index contributed by atoms with van der Waals surface area (Å²) in [5.41, 5.74) is 5.71. The molecule has 1 saturated heterocycles. The molecule has 1 rings (SSSR count). The number of hydrogen-bond donors (Lipinski definition) is 3. The maximum absolute atomic E-state index is 11.6. The molecule has 0 aromatic carbocycles. The van der Waals surface area contributed by atoms with Gasteiger partial charge in [0, 0.05) is 19.0 Å². The predicted molar refractivity (Wildman–Crippen MR) is 64.2 cm³/mol. The average Bonchev–Trinajstić information content (AvgIpc) is 2.20. The molecule has 0 radical (unpaired) electrons. The minimum absolute atomic E-state index is 0. The number of hydrogen-bond acceptors (Lipinski definition) is 3. The van der Waals surface area contributed by atoms with Crippen LogP contribution in [0.15, 0.2) is 0 Å². The van der Waals surface area contributed by atoms with Crippen LogP contribution < -0.4 is 16.4 Å². The van der Waals surface area contributed by atoms with Crippen molar-refractivity contribution >= 4 is 24.2 Å². The molecular weight excluding hydrogens is 230 g/mol. The van der Waals surface area contributed by atoms with E-state index in [1.165, 1.54) is 0 Å². The van der Waals surface area contributed by atoms with E-state index in [9.17, 15) is 9.59 Å². The maximum Gasteiger partial charge on any atom is 0.237 e. The van der Waals surface area contributed by atoms with Crippen LogP contribution in [0.3, 0.4) is 0 Å². The van der Waals surface area contributed by atoms with Gasteiger partial charge in [-0.1, -0.05) is 13.8 Å². The van der Waals surface area contributed by atoms with Gasteiger partial charge in [-0.25, -0.2) is 0 Å². The van der Waals surface area contributed by atoms with Gasteiger partial charge in [-0.3, -0.25) is 9.59 Å². The normalized spacial score (nSPS) is 22.0. The molecule has 0 saturated carbocycles. The lowest BCUT2D eigenvalue weighted by Gasteiger charge is -2.25. The first kappa shape index (κ1) is 15.2. The molecule has 4 N–H and O–H groups in total. The van der Waals surface area contributed by atoms with Gasteiger partial charge in [0.25, 0.3) is 0 Å². The standard InChI is InChI=1S/C10H19N3O2.ClH/c1-6(2)9(11)10(15)13-7-3-4-8(14)12-5-7;/h6-7,9H,3-5,11H2,1-2H3,(H,12,14)(H,13,15);1H/t7?,9-;/m1./s1. The SMILES string of the molecule is CC(C)[C@@H](N)C(=O)NC1CCC(=O)NC1.Cl. The fourth-order valence-corrected chi connectivity index (χ4v) is 1.46. The number of carbonyl (C=O) groups is 2. The van der Waals surface area contributed by atoms with E-state index in [0.29, 0.717) is 19.4 Å². The predicted octanol–water partition coefficient (Wildman–Crippen LogP) is -0.214. The summed E-state index contributed by atoms with van der Waals surface area (Å²) in [7, 11) is 0. The van der Waals surface area contributed by atoms with Crippen LogP contribution in [0.2, 0.25) is 0 Å². The van der Waals surface area contributed by atoms with E-state index in [2.05, 4.69) is 10.6 Å². The number of rotatable bonds is 3. The third-order valence-corrected chi connectivity index (χ3v) is 2.63. The number of halogens is 1. The van der Waals surface area contributed by atoms with E-state index in [1.54, 1.807) is 0 Å². The molecule has 0 bridgehead atoms. The fourth-order valence-electron chi connectivity index (χ4n) is 1.46. The van der Waals surface area contributed by atoms with E-state index in [4.69, 9.17) is 5.73 Å². The second kappa shape index (κ2) is 6.70. The minimum Gasteiger partial charge on any atom is -0.354 e. The zero-order valence-electron chi connectivity index (χ0n) is 9.66. The molecule has 5 nitrogen and oxygen atoms in total. The highest BCUT2D eigenvalue weighted by molar-refractivity contribution is 5.85. The van der Waals surface area contributed by atoms with Crippen LogP contribution in [0.4, 0.5) is 0 Å². The molecule has 1 aliphatic heterocycles. The van der Waals surface area contributed by atoms with Crippen LogP contribution in [0.5, 0.6) is 0 Å². The Morgan fingerprint density at radius 1 is 1.56 bits per heavy atom. The molecular formula is C10H20ClN3O2. The summed E-state index contributed by atoms with van der Waals surface area (Å²) < 4.78 is 0. The van der Waals surface area contributed by atoms with Crippen molar-refractivity contribution < 1.29 is 9.59 Å². The van der Waals surface area contributed by atoms with Gasteiger partial charge in [-0.05, 0) is 12.3 Å². The molecule has 1 unspecified atom stereocenters. The summed E-state index contributed by atoms with van der Waals surface area (Å²) in [5, 5.41) is 5.55. The highest BCUT2D eigenvalue weighted by atomic mass is 35.5. The van der Waals surface area contributed by atoms with Crippen molar-refractivity contribution in [3.05, 3.63) is 0 Å². The first-order chi connectivity index (χ1) is 7.00. The van der Waals surface area contributed by atoms with E-state index in [1.807, 2.05) is 13.8 Å². The van der Waals surface area contributed by atoms with E-state index in [0.717, 1.165) is 0 Å². The van der Waals surface area contributed by atoms with Crippen LogP contribution >= 0.6 is 12.4 Å². The number of nitrogens with one attached hydrogen (secondary N) is 2. The quantitative estimate of drug-likeness (QED) is 0.647. The van der Waals surface area contributed by atoms with Crippen LogP contribution in [0.25, 0.3) is 0 Å². The zero-order valence-corrected chi connectivity index (χ0v) is 10.5. The van der Waals surface area contributed by atoms with Gasteiger partial charge < -0.3 is 16.4 Å². The van der Waals surface area contributed by atoms with Gasteiger partial charge in [0.15, 0.2) is 0 Å². The molecule has 0 aliphatic carbocycles. The monoisotopic (exact) mass is 249 g/mol. The topological polar surface area (TPSA) is 84.2 Å². The van der Waals surface area contributed by atoms with Crippen molar-refractivity contribution in [2.24, 2.45) is 11.7 Å². The third-order valence-electron chi connectivity index (χ3n) is 2.63. The van der Waals surface area contributed by atoms with Crippen molar-refractivity contribution in [2.45, 2.75) is 38.8 Å². The molecule has 1 heterocycles. The summed E-state index contributed by atoms with van der Waals surface area (Å²) in [4.78, 5) is 22.5. The Morgan fingerprint density at radius 2 is 2.19 bits per heavy atom. The van der Waals surface area contributed by atoms with E-state index >= 15 is 0 Å². The molecule has 1 aliphatic rings. The first-order valence-electron chi connectivity index (χ1n) is 5.33. The molecule has 0 aromatic rings. The van der Waals surface area contributed by atoms with Crippen LogP contribution in [0.1, 0.15) is 26.7 Å². The molecule has 2 atom stereocenters. The van der Waals surface area contributed by atoms with E-state index in [-0.39, 0.29) is 36.2 Å². The summed E-state index contributed by atoms with van der Waals surface area (Å²) in [6, 6.07) is -0.442. The average molecular weight is 250 g/mol. The molecule has 16 heavy (non-hydrogen) atoms. The van der Waals surface area contributed by atoms with Crippen molar-refractivity contribution in [1.82, 2.24) is 10.6 Å². The number of carbonyl (C=O) groups excluding carboxylic acids is 2. The Balaban J connectivity index is 0.00000225. The van der Waals surface area contributed by atoms with Gasteiger partial charge in [0.1, 0.15) is 0 Å². The number of amides is 2. The van der Waals surface area contributed by atoms with Crippen molar-refractivity contribution in [3.8, 4) is 0 Å². The molecule has 0 aromatic heterocycles. The Kier molecular flexibility index (Phi) is 6.36. The van der Waals surface area contributed by atoms with Gasteiger partial charge >= 0.3 is 0 Å². The number of nitrogens with two attached hydrogens (primary N) is 1. The summed E-state index contributed by atoms with van der Waals surface area (Å²) in [6.07, 6.45) is 1.17. The van der Waals surface area contributed by atoms with Gasteiger partial charge in [-0.15, -0.1) is 12.4 Å². The third kappa shape index (κ3) is 4.37. The lowest BCUT2D eigenvalue weighted by atomic mass is 10.0. The largest absolute Gasteiger partial charge is 0.354 e. The molecule has 2 amide bonds. The van der Waals surface area contributed by atoms with Crippen LogP contribution in [-0.2, 0) is 9.59 Å². The Labute approximate surface area is 102 Å². The summed E-state index contributed by atoms with van der Waals surface area (Å²) in [6.45, 7) is 4.33. The Hall–Kier alpha value is -0.810. The van der Waals surface area contributed by atoms with Crippen molar-refractivity contribution in [2.75, 3.05) is 6.54 Å². The van der Waals surface area contributed by atoms with Crippen LogP contribution in [-0.4, -0.2) is 30.4 Å². The van der Waals surface area contributed by atoms with Gasteiger partial charge in [0.05, 0.1) is 6.04 Å². The van der Waals surface area contributed by atoms with E-state index < -0.39 is 6.04 Å². The first-order valence-corrected chi connectivity index (χ1v) is 5.33. The lowest BCUT2D eigenvalue weighted by molar-refractivity contribution is -0.126.